The highest BCUT2D eigenvalue weighted by molar-refractivity contribution is 7.88. The van der Waals surface area contributed by atoms with Crippen LogP contribution in [0.1, 0.15) is 24.0 Å². The van der Waals surface area contributed by atoms with E-state index in [4.69, 9.17) is 23.2 Å². The Hall–Kier alpha value is -2.12. The number of benzene rings is 3. The number of sulfonamides is 1. The first kappa shape index (κ1) is 23.1. The summed E-state index contributed by atoms with van der Waals surface area (Å²) >= 11 is 12.1. The number of rotatable bonds is 6. The zero-order chi connectivity index (χ0) is 22.7. The Balaban J connectivity index is 1.41. The minimum Gasteiger partial charge on any atom is -0.352 e. The van der Waals surface area contributed by atoms with Crippen LogP contribution in [0.4, 0.5) is 0 Å². The van der Waals surface area contributed by atoms with Gasteiger partial charge in [0.15, 0.2) is 0 Å². The average molecular weight is 491 g/mol. The summed E-state index contributed by atoms with van der Waals surface area (Å²) in [4.78, 5) is 12.9. The van der Waals surface area contributed by atoms with Crippen molar-refractivity contribution in [1.29, 1.82) is 0 Å². The summed E-state index contributed by atoms with van der Waals surface area (Å²) < 4.78 is 27.4. The number of hydrogen-bond donors (Lipinski definition) is 1. The van der Waals surface area contributed by atoms with Gasteiger partial charge in [0.05, 0.1) is 11.7 Å². The third-order valence-electron chi connectivity index (χ3n) is 5.83. The van der Waals surface area contributed by atoms with Gasteiger partial charge in [0, 0.05) is 29.7 Å². The van der Waals surface area contributed by atoms with Crippen LogP contribution in [-0.4, -0.2) is 31.7 Å². The minimum absolute atomic E-state index is 0.123. The molecule has 1 heterocycles. The first-order valence-corrected chi connectivity index (χ1v) is 12.9. The van der Waals surface area contributed by atoms with E-state index in [1.54, 1.807) is 12.1 Å². The van der Waals surface area contributed by atoms with Gasteiger partial charge in [-0.05, 0) is 46.9 Å². The molecule has 5 nitrogen and oxygen atoms in total. The molecule has 0 aromatic heterocycles. The summed E-state index contributed by atoms with van der Waals surface area (Å²) in [5.74, 6) is -0.718. The quantitative estimate of drug-likeness (QED) is 0.528. The first-order valence-electron chi connectivity index (χ1n) is 10.5. The number of carbonyl (C=O) groups is 1. The second kappa shape index (κ2) is 9.79. The molecule has 1 aliphatic rings. The molecule has 0 aliphatic carbocycles. The van der Waals surface area contributed by atoms with Crippen LogP contribution in [0.2, 0.25) is 10.0 Å². The van der Waals surface area contributed by atoms with Crippen molar-refractivity contribution < 1.29 is 13.2 Å². The fourth-order valence-corrected chi connectivity index (χ4v) is 6.31. The van der Waals surface area contributed by atoms with Gasteiger partial charge >= 0.3 is 0 Å². The molecule has 168 valence electrons. The number of nitrogens with one attached hydrogen (secondary N) is 1. The van der Waals surface area contributed by atoms with Crippen molar-refractivity contribution in [2.75, 3.05) is 13.1 Å². The predicted molar refractivity (Wildman–Crippen MR) is 129 cm³/mol. The van der Waals surface area contributed by atoms with Crippen LogP contribution < -0.4 is 5.32 Å². The molecule has 32 heavy (non-hydrogen) atoms. The van der Waals surface area contributed by atoms with E-state index in [1.807, 2.05) is 42.5 Å². The summed E-state index contributed by atoms with van der Waals surface area (Å²) in [7, 11) is -3.61. The van der Waals surface area contributed by atoms with E-state index in [0.717, 1.165) is 16.3 Å². The Morgan fingerprint density at radius 2 is 1.81 bits per heavy atom. The van der Waals surface area contributed by atoms with Crippen LogP contribution in [0.25, 0.3) is 10.8 Å². The van der Waals surface area contributed by atoms with Gasteiger partial charge in [-0.1, -0.05) is 71.7 Å². The lowest BCUT2D eigenvalue weighted by atomic mass is 9.98. The zero-order valence-corrected chi connectivity index (χ0v) is 19.8. The topological polar surface area (TPSA) is 66.5 Å². The van der Waals surface area contributed by atoms with Crippen LogP contribution in [0.15, 0.2) is 60.7 Å². The number of piperidine rings is 1. The molecule has 1 saturated heterocycles. The summed E-state index contributed by atoms with van der Waals surface area (Å²) in [6.07, 6.45) is 1.30. The van der Waals surface area contributed by atoms with Crippen molar-refractivity contribution in [2.45, 2.75) is 25.1 Å². The monoisotopic (exact) mass is 490 g/mol. The molecule has 1 aliphatic heterocycles. The minimum atomic E-state index is -3.61. The lowest BCUT2D eigenvalue weighted by Crippen LogP contribution is -2.45. The van der Waals surface area contributed by atoms with Crippen LogP contribution in [0, 0.1) is 5.92 Å². The SMILES string of the molecule is O=C(NCc1cccc2ccccc12)C1CCCN(S(=O)(=O)Cc2ccc(Cl)cc2Cl)C1. The smallest absolute Gasteiger partial charge is 0.224 e. The molecule has 0 spiro atoms. The fraction of sp³-hybridized carbons (Fsp3) is 0.292. The standard InChI is InChI=1S/C24H24Cl2N2O3S/c25-21-11-10-20(23(26)13-21)16-32(30,31)28-12-4-8-19(15-28)24(29)27-14-18-7-3-6-17-5-1-2-9-22(17)18/h1-3,5-7,9-11,13,19H,4,8,12,14-16H2,(H,27,29). The zero-order valence-electron chi connectivity index (χ0n) is 17.4. The van der Waals surface area contributed by atoms with Gasteiger partial charge in [0.2, 0.25) is 15.9 Å². The molecule has 1 N–H and O–H groups in total. The Kier molecular flexibility index (Phi) is 7.05. The lowest BCUT2D eigenvalue weighted by molar-refractivity contribution is -0.126. The van der Waals surface area contributed by atoms with Gasteiger partial charge in [0.25, 0.3) is 0 Å². The predicted octanol–water partition coefficient (Wildman–Crippen LogP) is 5.00. The second-order valence-corrected chi connectivity index (χ2v) is 10.9. The number of nitrogens with zero attached hydrogens (tertiary/aromatic N) is 1. The van der Waals surface area contributed by atoms with Crippen molar-refractivity contribution in [3.8, 4) is 0 Å². The molecule has 0 saturated carbocycles. The van der Waals surface area contributed by atoms with Gasteiger partial charge in [-0.3, -0.25) is 4.79 Å². The molecule has 1 amide bonds. The van der Waals surface area contributed by atoms with Crippen molar-refractivity contribution in [1.82, 2.24) is 9.62 Å². The third-order valence-corrected chi connectivity index (χ3v) is 8.22. The Labute approximate surface area is 198 Å². The van der Waals surface area contributed by atoms with E-state index in [0.29, 0.717) is 41.5 Å². The van der Waals surface area contributed by atoms with Crippen molar-refractivity contribution in [3.63, 3.8) is 0 Å². The summed E-state index contributed by atoms with van der Waals surface area (Å²) in [6, 6.07) is 18.8. The highest BCUT2D eigenvalue weighted by Crippen LogP contribution is 2.26. The molecule has 0 radical (unpaired) electrons. The number of hydrogen-bond acceptors (Lipinski definition) is 3. The fourth-order valence-electron chi connectivity index (χ4n) is 4.11. The van der Waals surface area contributed by atoms with E-state index < -0.39 is 10.0 Å². The van der Waals surface area contributed by atoms with Crippen LogP contribution in [0.3, 0.4) is 0 Å². The maximum Gasteiger partial charge on any atom is 0.224 e. The summed E-state index contributed by atoms with van der Waals surface area (Å²) in [5, 5.41) is 6.00. The van der Waals surface area contributed by atoms with Crippen LogP contribution in [-0.2, 0) is 27.1 Å². The van der Waals surface area contributed by atoms with Crippen molar-refractivity contribution in [2.24, 2.45) is 5.92 Å². The number of halogens is 2. The van der Waals surface area contributed by atoms with Gasteiger partial charge in [-0.2, -0.15) is 0 Å². The molecule has 3 aromatic rings. The maximum absolute atomic E-state index is 13.0. The lowest BCUT2D eigenvalue weighted by Gasteiger charge is -2.31. The van der Waals surface area contributed by atoms with Gasteiger partial charge in [0.1, 0.15) is 0 Å². The van der Waals surface area contributed by atoms with Crippen LogP contribution in [0.5, 0.6) is 0 Å². The van der Waals surface area contributed by atoms with E-state index >= 15 is 0 Å². The largest absolute Gasteiger partial charge is 0.352 e. The van der Waals surface area contributed by atoms with Gasteiger partial charge in [-0.15, -0.1) is 0 Å². The molecule has 1 fully saturated rings. The molecule has 8 heteroatoms. The van der Waals surface area contributed by atoms with Crippen molar-refractivity contribution in [3.05, 3.63) is 81.8 Å². The number of fused-ring (bicyclic) bond motifs is 1. The second-order valence-electron chi connectivity index (χ2n) is 8.05. The molecule has 1 atom stereocenters. The highest BCUT2D eigenvalue weighted by atomic mass is 35.5. The Morgan fingerprint density at radius 1 is 1.03 bits per heavy atom. The molecular formula is C24H24Cl2N2O3S. The molecule has 0 bridgehead atoms. The average Bonchev–Trinajstić information content (AvgIpc) is 2.79. The third kappa shape index (κ3) is 5.26. The molecule has 4 rings (SSSR count). The van der Waals surface area contributed by atoms with E-state index in [9.17, 15) is 13.2 Å². The molecule has 1 unspecified atom stereocenters. The summed E-state index contributed by atoms with van der Waals surface area (Å²) in [6.45, 7) is 0.985. The maximum atomic E-state index is 13.0. The number of carbonyl (C=O) groups excluding carboxylic acids is 1. The molecular weight excluding hydrogens is 467 g/mol. The van der Waals surface area contributed by atoms with E-state index in [-0.39, 0.29) is 24.1 Å². The number of amides is 1. The highest BCUT2D eigenvalue weighted by Gasteiger charge is 2.32. The van der Waals surface area contributed by atoms with E-state index in [2.05, 4.69) is 5.32 Å². The van der Waals surface area contributed by atoms with Crippen molar-refractivity contribution >= 4 is 49.9 Å². The van der Waals surface area contributed by atoms with E-state index in [1.165, 1.54) is 10.4 Å². The first-order chi connectivity index (χ1) is 15.3. The van der Waals surface area contributed by atoms with Gasteiger partial charge < -0.3 is 5.32 Å². The Bertz CT molecular complexity index is 1240. The van der Waals surface area contributed by atoms with Gasteiger partial charge in [-0.25, -0.2) is 12.7 Å². The Morgan fingerprint density at radius 3 is 2.62 bits per heavy atom. The normalized spacial score (nSPS) is 17.4. The summed E-state index contributed by atoms with van der Waals surface area (Å²) in [5.41, 5.74) is 1.53. The molecule has 3 aromatic carbocycles. The van der Waals surface area contributed by atoms with Crippen LogP contribution >= 0.6 is 23.2 Å².